The van der Waals surface area contributed by atoms with Crippen LogP contribution in [-0.4, -0.2) is 41.9 Å². The molecule has 0 bridgehead atoms. The van der Waals surface area contributed by atoms with Crippen LogP contribution in [0.15, 0.2) is 0 Å². The van der Waals surface area contributed by atoms with Gasteiger partial charge in [0.05, 0.1) is 0 Å². The molecule has 0 aliphatic carbocycles. The third-order valence-electron chi connectivity index (χ3n) is 1.47. The molecule has 0 aliphatic heterocycles. The third-order valence-corrected chi connectivity index (χ3v) is 3.22. The van der Waals surface area contributed by atoms with Gasteiger partial charge in [0.1, 0.15) is 6.54 Å². The SMILES string of the molecule is CC(C)N(CC(=O)O)S(=O)(=O)C(F)(F)F. The predicted octanol–water partition coefficient (Wildman–Crippen LogP) is 0.631. The third kappa shape index (κ3) is 3.34. The lowest BCUT2D eigenvalue weighted by molar-refractivity contribution is -0.137. The molecule has 1 N–H and O–H groups in total. The Morgan fingerprint density at radius 1 is 1.40 bits per heavy atom. The number of nitrogens with zero attached hydrogens (tertiary/aromatic N) is 1. The number of halogens is 3. The average molecular weight is 249 g/mol. The van der Waals surface area contributed by atoms with E-state index in [2.05, 4.69) is 0 Å². The molecule has 0 aliphatic rings. The first-order valence-corrected chi connectivity index (χ1v) is 5.24. The molecule has 0 aromatic carbocycles. The van der Waals surface area contributed by atoms with Crippen molar-refractivity contribution in [1.29, 1.82) is 0 Å². The summed E-state index contributed by atoms with van der Waals surface area (Å²) in [5.41, 5.74) is -5.48. The highest BCUT2D eigenvalue weighted by Gasteiger charge is 2.51. The summed E-state index contributed by atoms with van der Waals surface area (Å²) in [5, 5.41) is 8.29. The van der Waals surface area contributed by atoms with E-state index in [1.54, 1.807) is 0 Å². The fraction of sp³-hybridized carbons (Fsp3) is 0.833. The molecule has 0 rings (SSSR count). The average Bonchev–Trinajstić information content (AvgIpc) is 1.96. The summed E-state index contributed by atoms with van der Waals surface area (Å²) in [6.07, 6.45) is 0. The van der Waals surface area contributed by atoms with E-state index in [0.717, 1.165) is 13.8 Å². The van der Waals surface area contributed by atoms with Gasteiger partial charge in [-0.2, -0.15) is 17.5 Å². The van der Waals surface area contributed by atoms with E-state index in [4.69, 9.17) is 5.11 Å². The van der Waals surface area contributed by atoms with Crippen molar-refractivity contribution in [3.8, 4) is 0 Å². The quantitative estimate of drug-likeness (QED) is 0.793. The Balaban J connectivity index is 5.19. The van der Waals surface area contributed by atoms with Gasteiger partial charge in [-0.05, 0) is 13.8 Å². The molecular weight excluding hydrogens is 239 g/mol. The maximum absolute atomic E-state index is 12.1. The molecule has 5 nitrogen and oxygen atoms in total. The second kappa shape index (κ2) is 4.35. The van der Waals surface area contributed by atoms with E-state index < -0.39 is 34.1 Å². The molecule has 0 spiro atoms. The van der Waals surface area contributed by atoms with Gasteiger partial charge < -0.3 is 5.11 Å². The lowest BCUT2D eigenvalue weighted by Gasteiger charge is -2.24. The van der Waals surface area contributed by atoms with Gasteiger partial charge in [-0.15, -0.1) is 0 Å². The van der Waals surface area contributed by atoms with E-state index in [-0.39, 0.29) is 4.31 Å². The number of carbonyl (C=O) groups is 1. The van der Waals surface area contributed by atoms with E-state index >= 15 is 0 Å². The van der Waals surface area contributed by atoms with Crippen molar-refractivity contribution in [2.24, 2.45) is 0 Å². The minimum atomic E-state index is -5.58. The van der Waals surface area contributed by atoms with Crippen LogP contribution in [0.2, 0.25) is 0 Å². The monoisotopic (exact) mass is 249 g/mol. The van der Waals surface area contributed by atoms with Crippen molar-refractivity contribution in [1.82, 2.24) is 4.31 Å². The summed E-state index contributed by atoms with van der Waals surface area (Å²) in [5.74, 6) is -1.64. The Morgan fingerprint density at radius 2 is 1.80 bits per heavy atom. The number of sulfonamides is 1. The van der Waals surface area contributed by atoms with Crippen LogP contribution in [0, 0.1) is 0 Å². The van der Waals surface area contributed by atoms with Crippen molar-refractivity contribution in [3.63, 3.8) is 0 Å². The fourth-order valence-corrected chi connectivity index (χ4v) is 1.91. The highest BCUT2D eigenvalue weighted by atomic mass is 32.2. The van der Waals surface area contributed by atoms with Crippen LogP contribution in [0.1, 0.15) is 13.8 Å². The molecule has 0 aromatic heterocycles. The van der Waals surface area contributed by atoms with Crippen molar-refractivity contribution >= 4 is 16.0 Å². The van der Waals surface area contributed by atoms with E-state index in [1.165, 1.54) is 0 Å². The van der Waals surface area contributed by atoms with Crippen molar-refractivity contribution in [2.75, 3.05) is 6.54 Å². The van der Waals surface area contributed by atoms with Gasteiger partial charge in [0, 0.05) is 6.04 Å². The number of carboxylic acids is 1. The predicted molar refractivity (Wildman–Crippen MR) is 44.5 cm³/mol. The molecule has 9 heteroatoms. The molecule has 0 saturated heterocycles. The molecule has 0 unspecified atom stereocenters. The smallest absolute Gasteiger partial charge is 0.480 e. The Labute approximate surface area is 84.5 Å². The Kier molecular flexibility index (Phi) is 4.11. The highest BCUT2D eigenvalue weighted by Crippen LogP contribution is 2.27. The molecule has 0 amide bonds. The summed E-state index contributed by atoms with van der Waals surface area (Å²) in [6, 6.07) is -1.08. The molecule has 0 saturated carbocycles. The minimum Gasteiger partial charge on any atom is -0.480 e. The van der Waals surface area contributed by atoms with Crippen LogP contribution < -0.4 is 0 Å². The summed E-state index contributed by atoms with van der Waals surface area (Å²) in [6.45, 7) is 1.11. The molecule has 0 aromatic rings. The zero-order valence-corrected chi connectivity index (χ0v) is 8.76. The summed E-state index contributed by atoms with van der Waals surface area (Å²) in [4.78, 5) is 10.2. The second-order valence-electron chi connectivity index (χ2n) is 2.98. The Bertz CT molecular complexity index is 335. The normalized spacial score (nSPS) is 13.5. The zero-order valence-electron chi connectivity index (χ0n) is 7.95. The van der Waals surface area contributed by atoms with E-state index in [9.17, 15) is 26.4 Å². The first kappa shape index (κ1) is 14.2. The lowest BCUT2D eigenvalue weighted by Crippen LogP contribution is -2.46. The largest absolute Gasteiger partial charge is 0.511 e. The van der Waals surface area contributed by atoms with E-state index in [0.29, 0.717) is 0 Å². The fourth-order valence-electron chi connectivity index (χ4n) is 0.811. The van der Waals surface area contributed by atoms with Crippen LogP contribution in [0.3, 0.4) is 0 Å². The number of hydrogen-bond donors (Lipinski definition) is 1. The maximum atomic E-state index is 12.1. The number of alkyl halides is 3. The number of carboxylic acid groups (broad SMARTS) is 1. The van der Waals surface area contributed by atoms with Gasteiger partial charge in [-0.25, -0.2) is 8.42 Å². The number of rotatable bonds is 4. The molecule has 0 heterocycles. The van der Waals surface area contributed by atoms with E-state index in [1.807, 2.05) is 0 Å². The summed E-state index contributed by atoms with van der Waals surface area (Å²) >= 11 is 0. The topological polar surface area (TPSA) is 74.7 Å². The maximum Gasteiger partial charge on any atom is 0.511 e. The van der Waals surface area contributed by atoms with Crippen LogP contribution in [-0.2, 0) is 14.8 Å². The van der Waals surface area contributed by atoms with Crippen molar-refractivity contribution < 1.29 is 31.5 Å². The Hall–Kier alpha value is -0.830. The zero-order chi connectivity index (χ0) is 12.4. The van der Waals surface area contributed by atoms with Gasteiger partial charge in [0.25, 0.3) is 0 Å². The van der Waals surface area contributed by atoms with Gasteiger partial charge >= 0.3 is 21.5 Å². The standard InChI is InChI=1S/C6H10F3NO4S/c1-4(2)10(3-5(11)12)15(13,14)6(7,8)9/h4H,3H2,1-2H3,(H,11,12). The Morgan fingerprint density at radius 3 is 2.00 bits per heavy atom. The highest BCUT2D eigenvalue weighted by molar-refractivity contribution is 7.90. The van der Waals surface area contributed by atoms with Crippen molar-refractivity contribution in [2.45, 2.75) is 25.4 Å². The molecule has 90 valence electrons. The first-order valence-electron chi connectivity index (χ1n) is 3.80. The van der Waals surface area contributed by atoms with Gasteiger partial charge in [-0.1, -0.05) is 0 Å². The molecular formula is C6H10F3NO4S. The number of aliphatic carboxylic acids is 1. The van der Waals surface area contributed by atoms with Gasteiger partial charge in [0.15, 0.2) is 0 Å². The van der Waals surface area contributed by atoms with Crippen LogP contribution in [0.5, 0.6) is 0 Å². The minimum absolute atomic E-state index is 0.116. The van der Waals surface area contributed by atoms with Gasteiger partial charge in [-0.3, -0.25) is 4.79 Å². The van der Waals surface area contributed by atoms with Crippen LogP contribution >= 0.6 is 0 Å². The molecule has 0 fully saturated rings. The van der Waals surface area contributed by atoms with Crippen molar-refractivity contribution in [3.05, 3.63) is 0 Å². The second-order valence-corrected chi connectivity index (χ2v) is 4.87. The van der Waals surface area contributed by atoms with Crippen LogP contribution in [0.4, 0.5) is 13.2 Å². The summed E-state index contributed by atoms with van der Waals surface area (Å²) in [7, 11) is -5.58. The first-order chi connectivity index (χ1) is 6.50. The number of hydrogen-bond acceptors (Lipinski definition) is 3. The summed E-state index contributed by atoms with van der Waals surface area (Å²) < 4.78 is 57.8. The molecule has 15 heavy (non-hydrogen) atoms. The lowest BCUT2D eigenvalue weighted by atomic mass is 10.4. The molecule has 0 radical (unpaired) electrons. The van der Waals surface area contributed by atoms with Crippen LogP contribution in [0.25, 0.3) is 0 Å². The van der Waals surface area contributed by atoms with Gasteiger partial charge in [0.2, 0.25) is 0 Å². The molecule has 0 atom stereocenters.